The van der Waals surface area contributed by atoms with Crippen LogP contribution in [0.5, 0.6) is 0 Å². The Hall–Kier alpha value is -3.48. The van der Waals surface area contributed by atoms with Gasteiger partial charge in [0, 0.05) is 20.0 Å². The smallest absolute Gasteiger partial charge is 0.261 e. The summed E-state index contributed by atoms with van der Waals surface area (Å²) in [5, 5.41) is 3.69. The number of aromatic nitrogens is 4. The summed E-state index contributed by atoms with van der Waals surface area (Å²) in [7, 11) is 1.98. The molecule has 0 unspecified atom stereocenters. The Morgan fingerprint density at radius 2 is 1.77 bits per heavy atom. The number of para-hydroxylation sites is 3. The summed E-state index contributed by atoms with van der Waals surface area (Å²) >= 11 is 0. The third-order valence-electron chi connectivity index (χ3n) is 5.49. The lowest BCUT2D eigenvalue weighted by atomic mass is 10.0. The zero-order chi connectivity index (χ0) is 22.0. The molecule has 7 heteroatoms. The third-order valence-corrected chi connectivity index (χ3v) is 5.49. The van der Waals surface area contributed by atoms with Gasteiger partial charge in [-0.3, -0.25) is 14.2 Å². The van der Waals surface area contributed by atoms with Crippen molar-refractivity contribution in [2.45, 2.75) is 39.3 Å². The molecule has 0 fully saturated rings. The number of hydrogen-bond acceptors (Lipinski definition) is 4. The van der Waals surface area contributed by atoms with Gasteiger partial charge in [-0.1, -0.05) is 38.1 Å². The van der Waals surface area contributed by atoms with Crippen molar-refractivity contribution in [2.75, 3.05) is 0 Å². The van der Waals surface area contributed by atoms with Crippen LogP contribution in [-0.4, -0.2) is 25.0 Å². The van der Waals surface area contributed by atoms with Crippen LogP contribution in [0.4, 0.5) is 0 Å². The van der Waals surface area contributed by atoms with Crippen molar-refractivity contribution < 1.29 is 4.79 Å². The van der Waals surface area contributed by atoms with E-state index in [-0.39, 0.29) is 30.5 Å². The Labute approximate surface area is 180 Å². The third kappa shape index (κ3) is 4.35. The first-order valence-corrected chi connectivity index (χ1v) is 10.6. The summed E-state index contributed by atoms with van der Waals surface area (Å²) in [6.45, 7) is 4.53. The highest BCUT2D eigenvalue weighted by Gasteiger charge is 2.22. The molecule has 31 heavy (non-hydrogen) atoms. The first-order valence-electron chi connectivity index (χ1n) is 10.6. The maximum atomic E-state index is 12.8. The van der Waals surface area contributed by atoms with Gasteiger partial charge in [-0.15, -0.1) is 0 Å². The Morgan fingerprint density at radius 1 is 1.06 bits per heavy atom. The van der Waals surface area contributed by atoms with Crippen molar-refractivity contribution in [3.63, 3.8) is 0 Å². The molecule has 7 nitrogen and oxygen atoms in total. The minimum Gasteiger partial charge on any atom is -0.346 e. The number of imidazole rings is 1. The van der Waals surface area contributed by atoms with Crippen LogP contribution in [0.1, 0.15) is 38.6 Å². The van der Waals surface area contributed by atoms with Gasteiger partial charge < -0.3 is 9.88 Å². The number of nitrogens with zero attached hydrogens (tertiary/aromatic N) is 4. The van der Waals surface area contributed by atoms with Crippen LogP contribution in [0, 0.1) is 5.92 Å². The highest BCUT2D eigenvalue weighted by molar-refractivity contribution is 5.78. The van der Waals surface area contributed by atoms with E-state index in [0.717, 1.165) is 23.3 Å². The van der Waals surface area contributed by atoms with Crippen LogP contribution in [-0.2, 0) is 18.4 Å². The normalized spacial score (nSPS) is 12.5. The number of fused-ring (bicyclic) bond motifs is 2. The largest absolute Gasteiger partial charge is 0.346 e. The quantitative estimate of drug-likeness (QED) is 0.498. The number of carbonyl (C=O) groups excluding carboxylic acids is 1. The summed E-state index contributed by atoms with van der Waals surface area (Å²) in [5.41, 5.74) is 2.48. The molecule has 0 saturated carbocycles. The van der Waals surface area contributed by atoms with Crippen molar-refractivity contribution in [3.8, 4) is 0 Å². The Balaban J connectivity index is 1.51. The van der Waals surface area contributed by atoms with Crippen LogP contribution in [0.15, 0.2) is 59.7 Å². The van der Waals surface area contributed by atoms with Crippen molar-refractivity contribution in [1.29, 1.82) is 0 Å². The number of amides is 1. The molecule has 1 N–H and O–H groups in total. The molecular weight excluding hydrogens is 390 g/mol. The molecule has 1 atom stereocenters. The molecule has 160 valence electrons. The van der Waals surface area contributed by atoms with Gasteiger partial charge in [-0.2, -0.15) is 0 Å². The molecule has 0 aliphatic rings. The molecule has 2 aromatic heterocycles. The fraction of sp³-hybridized carbons (Fsp3) is 0.333. The van der Waals surface area contributed by atoms with E-state index in [0.29, 0.717) is 16.8 Å². The molecule has 0 bridgehead atoms. The molecule has 0 radical (unpaired) electrons. The number of nitrogens with one attached hydrogen (secondary N) is 1. The fourth-order valence-corrected chi connectivity index (χ4v) is 3.93. The molecule has 0 aliphatic carbocycles. The zero-order valence-corrected chi connectivity index (χ0v) is 18.1. The minimum absolute atomic E-state index is 0.113. The Kier molecular flexibility index (Phi) is 5.84. The topological polar surface area (TPSA) is 81.8 Å². The summed E-state index contributed by atoms with van der Waals surface area (Å²) < 4.78 is 3.54. The van der Waals surface area contributed by atoms with E-state index in [9.17, 15) is 9.59 Å². The molecule has 0 aliphatic heterocycles. The minimum atomic E-state index is -0.198. The highest BCUT2D eigenvalue weighted by Crippen LogP contribution is 2.24. The number of aryl methyl sites for hydroxylation is 2. The van der Waals surface area contributed by atoms with Gasteiger partial charge in [0.05, 0.1) is 34.3 Å². The van der Waals surface area contributed by atoms with E-state index in [1.807, 2.05) is 48.0 Å². The number of carbonyl (C=O) groups is 1. The molecule has 4 rings (SSSR count). The van der Waals surface area contributed by atoms with Gasteiger partial charge in [-0.25, -0.2) is 9.97 Å². The fourth-order valence-electron chi connectivity index (χ4n) is 3.93. The summed E-state index contributed by atoms with van der Waals surface area (Å²) in [6.07, 6.45) is 2.48. The lowest BCUT2D eigenvalue weighted by Gasteiger charge is -2.20. The summed E-state index contributed by atoms with van der Waals surface area (Å²) in [5.74, 6) is 1.11. The van der Waals surface area contributed by atoms with Crippen LogP contribution in [0.25, 0.3) is 21.9 Å². The van der Waals surface area contributed by atoms with Crippen molar-refractivity contribution in [1.82, 2.24) is 24.4 Å². The first-order chi connectivity index (χ1) is 14.9. The molecule has 0 saturated heterocycles. The van der Waals surface area contributed by atoms with Crippen LogP contribution >= 0.6 is 0 Å². The number of rotatable bonds is 7. The van der Waals surface area contributed by atoms with E-state index in [1.165, 1.54) is 10.9 Å². The number of benzene rings is 2. The Bertz CT molecular complexity index is 1290. The van der Waals surface area contributed by atoms with Gasteiger partial charge in [0.25, 0.3) is 5.56 Å². The summed E-state index contributed by atoms with van der Waals surface area (Å²) in [4.78, 5) is 34.5. The molecule has 0 spiro atoms. The second kappa shape index (κ2) is 8.71. The standard InChI is InChI=1S/C24H27N5O2/c1-16(2)14-20(23-27-19-10-6-7-11-21(19)28(23)3)26-22(30)12-13-29-15-25-18-9-5-4-8-17(18)24(29)31/h4-11,15-16,20H,12-14H2,1-3H3,(H,26,30)/t20-/m0/s1. The zero-order valence-electron chi connectivity index (χ0n) is 18.1. The van der Waals surface area contributed by atoms with Gasteiger partial charge in [0.2, 0.25) is 5.91 Å². The average Bonchev–Trinajstić information content (AvgIpc) is 3.09. The van der Waals surface area contributed by atoms with Crippen LogP contribution < -0.4 is 10.9 Å². The maximum absolute atomic E-state index is 12.8. The van der Waals surface area contributed by atoms with E-state index < -0.39 is 0 Å². The van der Waals surface area contributed by atoms with Crippen molar-refractivity contribution in [2.24, 2.45) is 13.0 Å². The average molecular weight is 418 g/mol. The van der Waals surface area contributed by atoms with Gasteiger partial charge in [0.15, 0.2) is 0 Å². The van der Waals surface area contributed by atoms with E-state index >= 15 is 0 Å². The molecule has 2 aromatic carbocycles. The second-order valence-electron chi connectivity index (χ2n) is 8.28. The first kappa shape index (κ1) is 20.8. The van der Waals surface area contributed by atoms with Crippen molar-refractivity contribution in [3.05, 3.63) is 71.0 Å². The predicted molar refractivity (Wildman–Crippen MR) is 122 cm³/mol. The monoisotopic (exact) mass is 417 g/mol. The van der Waals surface area contributed by atoms with Gasteiger partial charge >= 0.3 is 0 Å². The second-order valence-corrected chi connectivity index (χ2v) is 8.28. The number of hydrogen-bond donors (Lipinski definition) is 1. The molecular formula is C24H27N5O2. The van der Waals surface area contributed by atoms with Gasteiger partial charge in [-0.05, 0) is 36.6 Å². The molecule has 2 heterocycles. The predicted octanol–water partition coefficient (Wildman–Crippen LogP) is 3.58. The Morgan fingerprint density at radius 3 is 2.52 bits per heavy atom. The van der Waals surface area contributed by atoms with E-state index in [1.54, 1.807) is 12.1 Å². The van der Waals surface area contributed by atoms with Crippen molar-refractivity contribution >= 4 is 27.8 Å². The van der Waals surface area contributed by atoms with E-state index in [4.69, 9.17) is 4.98 Å². The van der Waals surface area contributed by atoms with Gasteiger partial charge in [0.1, 0.15) is 5.82 Å². The SMILES string of the molecule is CC(C)C[C@H](NC(=O)CCn1cnc2ccccc2c1=O)c1nc2ccccc2n1C. The van der Waals surface area contributed by atoms with Crippen LogP contribution in [0.2, 0.25) is 0 Å². The molecule has 1 amide bonds. The highest BCUT2D eigenvalue weighted by atomic mass is 16.2. The molecule has 4 aromatic rings. The lowest BCUT2D eigenvalue weighted by molar-refractivity contribution is -0.122. The van der Waals surface area contributed by atoms with E-state index in [2.05, 4.69) is 24.1 Å². The summed E-state index contributed by atoms with van der Waals surface area (Å²) in [6, 6.07) is 15.0. The van der Waals surface area contributed by atoms with Crippen LogP contribution in [0.3, 0.4) is 0 Å². The lowest BCUT2D eigenvalue weighted by Crippen LogP contribution is -2.32. The maximum Gasteiger partial charge on any atom is 0.261 e.